The predicted octanol–water partition coefficient (Wildman–Crippen LogP) is 4.64. The summed E-state index contributed by atoms with van der Waals surface area (Å²) in [7, 11) is 0. The largest absolute Gasteiger partial charge is 0.249 e. The van der Waals surface area contributed by atoms with Crippen molar-refractivity contribution in [1.29, 1.82) is 0 Å². The first-order valence-electron chi connectivity index (χ1n) is 6.19. The summed E-state index contributed by atoms with van der Waals surface area (Å²) >= 11 is 1.86. The fourth-order valence-electron chi connectivity index (χ4n) is 2.24. The van der Waals surface area contributed by atoms with Crippen LogP contribution in [0.25, 0.3) is 0 Å². The van der Waals surface area contributed by atoms with Gasteiger partial charge >= 0.3 is 0 Å². The lowest BCUT2D eigenvalue weighted by atomic mass is 9.86. The highest BCUT2D eigenvalue weighted by Crippen LogP contribution is 2.37. The molecule has 1 unspecified atom stereocenters. The van der Waals surface area contributed by atoms with Crippen LogP contribution in [0.5, 0.6) is 0 Å². The highest BCUT2D eigenvalue weighted by Gasteiger charge is 2.22. The Labute approximate surface area is 97.9 Å². The molecule has 1 aliphatic carbocycles. The Morgan fingerprint density at radius 2 is 2.20 bits per heavy atom. The molecule has 1 aromatic heterocycles. The highest BCUT2D eigenvalue weighted by atomic mass is 32.1. The second-order valence-electron chi connectivity index (χ2n) is 4.38. The number of thiazole rings is 1. The maximum Gasteiger partial charge on any atom is 0.0797 e. The summed E-state index contributed by atoms with van der Waals surface area (Å²) in [6.07, 6.45) is 5.28. The van der Waals surface area contributed by atoms with Crippen LogP contribution in [0, 0.1) is 5.92 Å². The molecule has 0 saturated heterocycles. The van der Waals surface area contributed by atoms with Crippen molar-refractivity contribution in [2.45, 2.75) is 59.3 Å². The van der Waals surface area contributed by atoms with E-state index in [1.54, 1.807) is 4.88 Å². The van der Waals surface area contributed by atoms with E-state index in [1.807, 2.05) is 30.7 Å². The van der Waals surface area contributed by atoms with Gasteiger partial charge in [-0.25, -0.2) is 4.98 Å². The van der Waals surface area contributed by atoms with Gasteiger partial charge in [0.2, 0.25) is 0 Å². The van der Waals surface area contributed by atoms with E-state index in [-0.39, 0.29) is 0 Å². The van der Waals surface area contributed by atoms with Crippen molar-refractivity contribution in [3.05, 3.63) is 16.1 Å². The molecule has 0 saturated carbocycles. The quantitative estimate of drug-likeness (QED) is 0.715. The fraction of sp³-hybridized carbons (Fsp3) is 0.769. The van der Waals surface area contributed by atoms with Crippen molar-refractivity contribution in [1.82, 2.24) is 4.98 Å². The molecule has 1 aliphatic rings. The van der Waals surface area contributed by atoms with Gasteiger partial charge in [-0.15, -0.1) is 11.3 Å². The lowest BCUT2D eigenvalue weighted by molar-refractivity contribution is 0.451. The number of aromatic nitrogens is 1. The van der Waals surface area contributed by atoms with Gasteiger partial charge < -0.3 is 0 Å². The fourth-order valence-corrected chi connectivity index (χ4v) is 3.23. The van der Waals surface area contributed by atoms with E-state index in [2.05, 4.69) is 18.8 Å². The molecule has 1 atom stereocenters. The standard InChI is InChI=1S/C11H17NS.C2H6/c1-8(2)6-9-4-3-5-10-11(9)13-7-12-10;1-2/h7-9H,3-6H2,1-2H3;1-2H3. The van der Waals surface area contributed by atoms with E-state index in [1.165, 1.54) is 31.4 Å². The SMILES string of the molecule is CC.CC(C)CC1CCCc2ncsc21. The summed E-state index contributed by atoms with van der Waals surface area (Å²) in [5.74, 6) is 1.63. The first-order chi connectivity index (χ1) is 7.27. The molecule has 0 bridgehead atoms. The van der Waals surface area contributed by atoms with Crippen LogP contribution in [0.3, 0.4) is 0 Å². The lowest BCUT2D eigenvalue weighted by Crippen LogP contribution is -2.09. The van der Waals surface area contributed by atoms with E-state index in [0.29, 0.717) is 0 Å². The monoisotopic (exact) mass is 225 g/mol. The van der Waals surface area contributed by atoms with E-state index in [0.717, 1.165) is 11.8 Å². The van der Waals surface area contributed by atoms with Gasteiger partial charge in [0, 0.05) is 4.88 Å². The van der Waals surface area contributed by atoms with Crippen molar-refractivity contribution >= 4 is 11.3 Å². The maximum atomic E-state index is 4.43. The molecule has 0 fully saturated rings. The van der Waals surface area contributed by atoms with E-state index >= 15 is 0 Å². The number of aryl methyl sites for hydroxylation is 1. The van der Waals surface area contributed by atoms with Crippen molar-refractivity contribution in [3.63, 3.8) is 0 Å². The molecular weight excluding hydrogens is 202 g/mol. The number of hydrogen-bond acceptors (Lipinski definition) is 2. The zero-order chi connectivity index (χ0) is 11.3. The first-order valence-corrected chi connectivity index (χ1v) is 7.07. The van der Waals surface area contributed by atoms with Crippen LogP contribution < -0.4 is 0 Å². The Hall–Kier alpha value is -0.370. The van der Waals surface area contributed by atoms with Crippen LogP contribution in [0.2, 0.25) is 0 Å². The van der Waals surface area contributed by atoms with E-state index in [9.17, 15) is 0 Å². The van der Waals surface area contributed by atoms with Crippen LogP contribution in [0.15, 0.2) is 5.51 Å². The van der Waals surface area contributed by atoms with Gasteiger partial charge in [0.15, 0.2) is 0 Å². The molecule has 0 amide bonds. The second-order valence-corrected chi connectivity index (χ2v) is 5.27. The van der Waals surface area contributed by atoms with Crippen LogP contribution in [0.1, 0.15) is 63.4 Å². The third-order valence-corrected chi connectivity index (χ3v) is 3.80. The van der Waals surface area contributed by atoms with Crippen molar-refractivity contribution < 1.29 is 0 Å². The topological polar surface area (TPSA) is 12.9 Å². The number of rotatable bonds is 2. The van der Waals surface area contributed by atoms with Crippen molar-refractivity contribution in [2.75, 3.05) is 0 Å². The molecule has 86 valence electrons. The minimum atomic E-state index is 0.816. The summed E-state index contributed by atoms with van der Waals surface area (Å²) in [5, 5.41) is 0. The minimum absolute atomic E-state index is 0.816. The van der Waals surface area contributed by atoms with Crippen LogP contribution in [-0.2, 0) is 6.42 Å². The van der Waals surface area contributed by atoms with Crippen molar-refractivity contribution in [3.8, 4) is 0 Å². The van der Waals surface area contributed by atoms with Gasteiger partial charge in [0.05, 0.1) is 11.2 Å². The van der Waals surface area contributed by atoms with Gasteiger partial charge in [0.1, 0.15) is 0 Å². The third kappa shape index (κ3) is 3.30. The summed E-state index contributed by atoms with van der Waals surface area (Å²) in [6, 6.07) is 0. The Morgan fingerprint density at radius 3 is 2.87 bits per heavy atom. The zero-order valence-corrected chi connectivity index (χ0v) is 11.2. The number of hydrogen-bond donors (Lipinski definition) is 0. The Morgan fingerprint density at radius 1 is 1.47 bits per heavy atom. The normalized spacial score (nSPS) is 19.4. The van der Waals surface area contributed by atoms with E-state index < -0.39 is 0 Å². The molecule has 1 nitrogen and oxygen atoms in total. The molecule has 0 radical (unpaired) electrons. The molecule has 0 spiro atoms. The first kappa shape index (κ1) is 12.7. The molecule has 1 heterocycles. The maximum absolute atomic E-state index is 4.43. The van der Waals surface area contributed by atoms with Gasteiger partial charge in [-0.05, 0) is 37.5 Å². The number of fused-ring (bicyclic) bond motifs is 1. The Balaban J connectivity index is 0.000000531. The molecule has 0 N–H and O–H groups in total. The summed E-state index contributed by atoms with van der Waals surface area (Å²) in [5.41, 5.74) is 3.41. The lowest BCUT2D eigenvalue weighted by Gasteiger charge is -2.22. The highest BCUT2D eigenvalue weighted by molar-refractivity contribution is 7.09. The molecule has 1 aromatic rings. The van der Waals surface area contributed by atoms with Crippen LogP contribution in [-0.4, -0.2) is 4.98 Å². The smallest absolute Gasteiger partial charge is 0.0797 e. The molecule has 2 rings (SSSR count). The molecule has 15 heavy (non-hydrogen) atoms. The van der Waals surface area contributed by atoms with Gasteiger partial charge in [-0.3, -0.25) is 0 Å². The second kappa shape index (κ2) is 6.26. The summed E-state index contributed by atoms with van der Waals surface area (Å²) in [6.45, 7) is 8.63. The average molecular weight is 225 g/mol. The van der Waals surface area contributed by atoms with Gasteiger partial charge in [-0.2, -0.15) is 0 Å². The molecule has 0 aromatic carbocycles. The Kier molecular flexibility index (Phi) is 5.30. The molecular formula is C13H23NS. The van der Waals surface area contributed by atoms with Crippen molar-refractivity contribution in [2.24, 2.45) is 5.92 Å². The zero-order valence-electron chi connectivity index (χ0n) is 10.4. The average Bonchev–Trinajstić information content (AvgIpc) is 2.69. The summed E-state index contributed by atoms with van der Waals surface area (Å²) < 4.78 is 0. The number of nitrogens with zero attached hydrogens (tertiary/aromatic N) is 1. The molecule has 2 heteroatoms. The van der Waals surface area contributed by atoms with Gasteiger partial charge in [0.25, 0.3) is 0 Å². The van der Waals surface area contributed by atoms with E-state index in [4.69, 9.17) is 0 Å². The Bertz CT molecular complexity index is 278. The molecule has 0 aliphatic heterocycles. The van der Waals surface area contributed by atoms with Crippen LogP contribution >= 0.6 is 11.3 Å². The third-order valence-electron chi connectivity index (χ3n) is 2.77. The van der Waals surface area contributed by atoms with Crippen LogP contribution in [0.4, 0.5) is 0 Å². The minimum Gasteiger partial charge on any atom is -0.249 e. The summed E-state index contributed by atoms with van der Waals surface area (Å²) in [4.78, 5) is 6.02. The van der Waals surface area contributed by atoms with Gasteiger partial charge in [-0.1, -0.05) is 27.7 Å². The predicted molar refractivity (Wildman–Crippen MR) is 68.6 cm³/mol.